The van der Waals surface area contributed by atoms with E-state index in [9.17, 15) is 34.1 Å². The number of carbonyl (C=O) groups excluding carboxylic acids is 5. The van der Waals surface area contributed by atoms with Gasteiger partial charge in [-0.3, -0.25) is 29.3 Å². The predicted molar refractivity (Wildman–Crippen MR) is 340 cm³/mol. The summed E-state index contributed by atoms with van der Waals surface area (Å²) in [7, 11) is 1.34. The number of likely N-dealkylation sites (tertiary alicyclic amines) is 4. The van der Waals surface area contributed by atoms with Crippen LogP contribution in [0.2, 0.25) is 5.02 Å². The van der Waals surface area contributed by atoms with Crippen LogP contribution in [0.25, 0.3) is 10.8 Å². The van der Waals surface area contributed by atoms with Crippen LogP contribution in [0, 0.1) is 17.0 Å². The van der Waals surface area contributed by atoms with Crippen LogP contribution < -0.4 is 21.3 Å². The lowest BCUT2D eigenvalue weighted by molar-refractivity contribution is -0.385. The standard InChI is InChI=1S/C19H24N2O.C17H24N2O3.C16H23N3O3.C15H21ClN2O/c22-19(20-11-6-14-21-12-4-1-5-13-21)18-10-9-16-7-2-3-8-17(16)15-18;1-22-17(21)15-8-6-14(7-9-15)16(20)18-10-5-13-19-11-3-2-4-12-19;1-13-14(7-5-8-15(13)19(21)22)16(20)17-9-6-12-18-10-3-2-4-11-18;16-14-7-4-6-13(12-14)15(19)17-8-5-11-18-9-2-1-3-10-18/h2-3,7-10,15H,1,4-6,11-14H2,(H,20,22);6-9H,2-5,10-13H2,1H3,(H,18,20);5,7-8H,2-4,6,9-12H2,1H3,(H,17,20);4,6-7,12H,1-3,5,8-11H2,(H,17,19). The van der Waals surface area contributed by atoms with Crippen LogP contribution in [0.15, 0.2) is 109 Å². The third kappa shape index (κ3) is 24.6. The Bertz CT molecular complexity index is 2850. The van der Waals surface area contributed by atoms with Crippen LogP contribution in [0.1, 0.15) is 160 Å². The predicted octanol–water partition coefficient (Wildman–Crippen LogP) is 11.0. The lowest BCUT2D eigenvalue weighted by Crippen LogP contribution is -2.33. The van der Waals surface area contributed by atoms with E-state index in [-0.39, 0.29) is 29.3 Å². The van der Waals surface area contributed by atoms with E-state index in [0.29, 0.717) is 45.9 Å². The highest BCUT2D eigenvalue weighted by Gasteiger charge is 2.19. The molecule has 0 atom stereocenters. The number of nitrogens with one attached hydrogen (secondary N) is 4. The highest BCUT2D eigenvalue weighted by atomic mass is 35.5. The van der Waals surface area contributed by atoms with Crippen molar-refractivity contribution in [1.82, 2.24) is 40.9 Å². The fourth-order valence-corrected chi connectivity index (χ4v) is 11.2. The van der Waals surface area contributed by atoms with Crippen LogP contribution >= 0.6 is 11.6 Å². The Balaban J connectivity index is 0.000000182. The lowest BCUT2D eigenvalue weighted by atomic mass is 10.1. The van der Waals surface area contributed by atoms with Crippen LogP contribution in [-0.2, 0) is 4.74 Å². The van der Waals surface area contributed by atoms with Crippen molar-refractivity contribution in [1.29, 1.82) is 0 Å². The normalized spacial score (nSPS) is 15.7. The van der Waals surface area contributed by atoms with E-state index in [0.717, 1.165) is 89.0 Å². The monoisotopic (exact) mass is 1190 g/mol. The molecule has 0 bridgehead atoms. The zero-order valence-corrected chi connectivity index (χ0v) is 51.2. The van der Waals surface area contributed by atoms with E-state index in [2.05, 4.69) is 51.7 Å². The SMILES string of the molecule is COC(=O)c1ccc(C(=O)NCCCN2CCCCC2)cc1.Cc1c(C(=O)NCCCN2CCCCC2)cccc1[N+](=O)[O-].O=C(NCCCN1CCCCC1)c1ccc2ccccc2c1.O=C(NCCCN1CCCCC1)c1cccc(Cl)c1. The van der Waals surface area contributed by atoms with E-state index < -0.39 is 10.9 Å². The summed E-state index contributed by atoms with van der Waals surface area (Å²) < 4.78 is 4.63. The number of esters is 1. The molecule has 4 heterocycles. The molecule has 18 heteroatoms. The first kappa shape index (κ1) is 67.4. The largest absolute Gasteiger partial charge is 0.465 e. The summed E-state index contributed by atoms with van der Waals surface area (Å²) in [6.07, 6.45) is 19.7. The van der Waals surface area contributed by atoms with E-state index in [1.807, 2.05) is 36.4 Å². The van der Waals surface area contributed by atoms with Crippen molar-refractivity contribution in [2.75, 3.05) is 112 Å². The summed E-state index contributed by atoms with van der Waals surface area (Å²) >= 11 is 5.87. The summed E-state index contributed by atoms with van der Waals surface area (Å²) in [5, 5.41) is 25.5. The third-order valence-corrected chi connectivity index (χ3v) is 16.2. The maximum Gasteiger partial charge on any atom is 0.337 e. The van der Waals surface area contributed by atoms with Gasteiger partial charge in [-0.05, 0) is 234 Å². The average molecular weight is 1190 g/mol. The summed E-state index contributed by atoms with van der Waals surface area (Å²) in [5.74, 6) is -0.742. The van der Waals surface area contributed by atoms with Crippen molar-refractivity contribution in [2.45, 2.75) is 110 Å². The van der Waals surface area contributed by atoms with Gasteiger partial charge >= 0.3 is 5.97 Å². The molecule has 0 unspecified atom stereocenters. The smallest absolute Gasteiger partial charge is 0.337 e. The number of nitro benzene ring substituents is 1. The minimum Gasteiger partial charge on any atom is -0.465 e. The fourth-order valence-electron chi connectivity index (χ4n) is 11.1. The quantitative estimate of drug-likeness (QED) is 0.0222. The summed E-state index contributed by atoms with van der Waals surface area (Å²) in [6, 6.07) is 32.2. The maximum atomic E-state index is 12.2. The van der Waals surface area contributed by atoms with Crippen LogP contribution in [-0.4, -0.2) is 166 Å². The number of hydrogen-bond acceptors (Lipinski definition) is 12. The number of ether oxygens (including phenoxy) is 1. The summed E-state index contributed by atoms with van der Waals surface area (Å²) in [6.45, 7) is 18.1. The molecule has 0 radical (unpaired) electrons. The van der Waals surface area contributed by atoms with Gasteiger partial charge in [-0.2, -0.15) is 0 Å². The first-order valence-electron chi connectivity index (χ1n) is 31.1. The molecule has 4 saturated heterocycles. The van der Waals surface area contributed by atoms with Gasteiger partial charge in [-0.15, -0.1) is 0 Å². The van der Waals surface area contributed by atoms with Crippen molar-refractivity contribution in [2.24, 2.45) is 0 Å². The number of nitrogens with zero attached hydrogens (tertiary/aromatic N) is 5. The molecule has 9 rings (SSSR count). The van der Waals surface area contributed by atoms with E-state index in [4.69, 9.17) is 11.6 Å². The Kier molecular flexibility index (Phi) is 30.4. The number of benzene rings is 5. The molecule has 4 aliphatic heterocycles. The van der Waals surface area contributed by atoms with Crippen molar-refractivity contribution >= 4 is 57.7 Å². The van der Waals surface area contributed by atoms with Crippen molar-refractivity contribution in [3.63, 3.8) is 0 Å². The van der Waals surface area contributed by atoms with Gasteiger partial charge in [-0.1, -0.05) is 79.7 Å². The topological polar surface area (TPSA) is 199 Å². The molecule has 0 spiro atoms. The Morgan fingerprint density at radius 1 is 0.459 bits per heavy atom. The molecule has 0 aromatic heterocycles. The molecule has 5 aromatic carbocycles. The first-order valence-corrected chi connectivity index (χ1v) is 31.4. The highest BCUT2D eigenvalue weighted by molar-refractivity contribution is 6.31. The maximum absolute atomic E-state index is 12.2. The molecule has 4 N–H and O–H groups in total. The number of amides is 4. The Morgan fingerprint density at radius 3 is 1.28 bits per heavy atom. The van der Waals surface area contributed by atoms with Gasteiger partial charge in [0.1, 0.15) is 0 Å². The van der Waals surface area contributed by atoms with Gasteiger partial charge in [0, 0.05) is 65.1 Å². The van der Waals surface area contributed by atoms with Crippen LogP contribution in [0.5, 0.6) is 0 Å². The van der Waals surface area contributed by atoms with Gasteiger partial charge in [-0.25, -0.2) is 4.79 Å². The Hall–Kier alpha value is -6.76. The molecule has 4 aliphatic rings. The molecule has 5 aromatic rings. The van der Waals surface area contributed by atoms with Gasteiger partial charge in [0.05, 0.1) is 17.6 Å². The summed E-state index contributed by atoms with van der Waals surface area (Å²) in [4.78, 5) is 79.9. The van der Waals surface area contributed by atoms with Gasteiger partial charge in [0.2, 0.25) is 0 Å². The number of nitro groups is 1. The minimum absolute atomic E-state index is 0.0130. The van der Waals surface area contributed by atoms with Crippen molar-refractivity contribution in [3.8, 4) is 0 Å². The molecule has 0 saturated carbocycles. The first-order chi connectivity index (χ1) is 41.4. The summed E-state index contributed by atoms with van der Waals surface area (Å²) in [5.41, 5.74) is 3.17. The van der Waals surface area contributed by atoms with Crippen molar-refractivity contribution in [3.05, 3.63) is 158 Å². The lowest BCUT2D eigenvalue weighted by Gasteiger charge is -2.26. The number of hydrogen-bond donors (Lipinski definition) is 4. The van der Waals surface area contributed by atoms with Gasteiger partial charge in [0.15, 0.2) is 0 Å². The molecule has 17 nitrogen and oxygen atoms in total. The number of fused-ring (bicyclic) bond motifs is 1. The van der Waals surface area contributed by atoms with E-state index in [1.165, 1.54) is 135 Å². The molecule has 0 aliphatic carbocycles. The second kappa shape index (κ2) is 38.3. The molecule has 4 fully saturated rings. The van der Waals surface area contributed by atoms with Gasteiger partial charge < -0.3 is 45.6 Å². The Labute approximate surface area is 509 Å². The number of methoxy groups -OCH3 is 1. The highest BCUT2D eigenvalue weighted by Crippen LogP contribution is 2.22. The molecule has 85 heavy (non-hydrogen) atoms. The second-order valence-corrected chi connectivity index (χ2v) is 22.8. The molecule has 460 valence electrons. The number of piperidine rings is 4. The molecule has 4 amide bonds. The van der Waals surface area contributed by atoms with E-state index in [1.54, 1.807) is 67.6 Å². The minimum atomic E-state index is -0.456. The van der Waals surface area contributed by atoms with Gasteiger partial charge in [0.25, 0.3) is 29.3 Å². The number of rotatable bonds is 22. The third-order valence-electron chi connectivity index (χ3n) is 16.0. The van der Waals surface area contributed by atoms with Crippen LogP contribution in [0.4, 0.5) is 5.69 Å². The second-order valence-electron chi connectivity index (χ2n) is 22.4. The van der Waals surface area contributed by atoms with Crippen LogP contribution in [0.3, 0.4) is 0 Å². The zero-order valence-electron chi connectivity index (χ0n) is 50.4. The molecular weight excluding hydrogens is 1090 g/mol. The molecular formula is C67H92ClN9O8. The van der Waals surface area contributed by atoms with E-state index >= 15 is 0 Å². The number of halogens is 1. The number of carbonyl (C=O) groups is 5. The average Bonchev–Trinajstić information content (AvgIpc) is 3.73. The Morgan fingerprint density at radius 2 is 0.847 bits per heavy atom. The van der Waals surface area contributed by atoms with Crippen molar-refractivity contribution < 1.29 is 33.6 Å². The fraction of sp³-hybridized carbons (Fsp3) is 0.507. The zero-order chi connectivity index (χ0) is 60.4.